The molecule has 0 heterocycles. The van der Waals surface area contributed by atoms with E-state index >= 15 is 0 Å². The van der Waals surface area contributed by atoms with Crippen molar-refractivity contribution in [1.82, 2.24) is 0 Å². The molecule has 22 heavy (non-hydrogen) atoms. The third kappa shape index (κ3) is 3.33. The third-order valence-corrected chi connectivity index (χ3v) is 3.58. The summed E-state index contributed by atoms with van der Waals surface area (Å²) in [5, 5.41) is 11.8. The third-order valence-electron chi connectivity index (χ3n) is 3.58. The molecule has 0 fully saturated rings. The second-order valence-corrected chi connectivity index (χ2v) is 4.97. The number of amides is 1. The van der Waals surface area contributed by atoms with E-state index in [0.717, 1.165) is 6.42 Å². The van der Waals surface area contributed by atoms with Crippen LogP contribution in [0.15, 0.2) is 35.9 Å². The van der Waals surface area contributed by atoms with Gasteiger partial charge in [0, 0.05) is 5.57 Å². The van der Waals surface area contributed by atoms with Gasteiger partial charge in [-0.1, -0.05) is 18.2 Å². The highest BCUT2D eigenvalue weighted by Gasteiger charge is 2.29. The molecule has 2 N–H and O–H groups in total. The summed E-state index contributed by atoms with van der Waals surface area (Å²) in [4.78, 5) is 35.3. The normalized spacial score (nSPS) is 17.3. The van der Waals surface area contributed by atoms with Crippen LogP contribution in [0.2, 0.25) is 0 Å². The highest BCUT2D eigenvalue weighted by Crippen LogP contribution is 2.27. The van der Waals surface area contributed by atoms with Crippen LogP contribution in [0.25, 0.3) is 0 Å². The maximum Gasteiger partial charge on any atom is 0.339 e. The minimum absolute atomic E-state index is 0.224. The number of aliphatic carboxylic acids is 1. The van der Waals surface area contributed by atoms with E-state index in [-0.39, 0.29) is 11.1 Å². The molecule has 0 aliphatic heterocycles. The van der Waals surface area contributed by atoms with E-state index < -0.39 is 23.8 Å². The van der Waals surface area contributed by atoms with Crippen molar-refractivity contribution in [3.63, 3.8) is 0 Å². The minimum atomic E-state index is -1.01. The average molecular weight is 303 g/mol. The van der Waals surface area contributed by atoms with Gasteiger partial charge in [0.15, 0.2) is 0 Å². The van der Waals surface area contributed by atoms with Gasteiger partial charge in [0.1, 0.15) is 0 Å². The minimum Gasteiger partial charge on any atom is -0.481 e. The fourth-order valence-electron chi connectivity index (χ4n) is 2.46. The van der Waals surface area contributed by atoms with Crippen LogP contribution >= 0.6 is 0 Å². The van der Waals surface area contributed by atoms with Crippen LogP contribution in [0.3, 0.4) is 0 Å². The summed E-state index contributed by atoms with van der Waals surface area (Å²) in [7, 11) is 1.26. The van der Waals surface area contributed by atoms with E-state index in [1.807, 2.05) is 0 Å². The molecule has 1 aliphatic carbocycles. The fraction of sp³-hybridized carbons (Fsp3) is 0.312. The Morgan fingerprint density at radius 3 is 2.68 bits per heavy atom. The Morgan fingerprint density at radius 1 is 1.27 bits per heavy atom. The second-order valence-electron chi connectivity index (χ2n) is 4.97. The summed E-state index contributed by atoms with van der Waals surface area (Å²) < 4.78 is 4.66. The van der Waals surface area contributed by atoms with Gasteiger partial charge in [0.25, 0.3) is 5.91 Å². The largest absolute Gasteiger partial charge is 0.481 e. The Bertz CT molecular complexity index is 635. The highest BCUT2D eigenvalue weighted by atomic mass is 16.5. The summed E-state index contributed by atoms with van der Waals surface area (Å²) >= 11 is 0. The molecule has 1 aromatic carbocycles. The zero-order chi connectivity index (χ0) is 16.1. The fourth-order valence-corrected chi connectivity index (χ4v) is 2.46. The zero-order valence-corrected chi connectivity index (χ0v) is 12.2. The van der Waals surface area contributed by atoms with E-state index in [1.54, 1.807) is 24.3 Å². The SMILES string of the molecule is COC(=O)c1ccccc1NC(=O)C1=CCCCC1C(=O)O. The number of hydrogen-bond donors (Lipinski definition) is 2. The predicted octanol–water partition coefficient (Wildman–Crippen LogP) is 2.22. The molecular formula is C16H17NO5. The molecule has 2 rings (SSSR count). The van der Waals surface area contributed by atoms with E-state index in [4.69, 9.17) is 0 Å². The Hall–Kier alpha value is -2.63. The summed E-state index contributed by atoms with van der Waals surface area (Å²) in [6.07, 6.45) is 3.50. The van der Waals surface area contributed by atoms with Gasteiger partial charge in [-0.05, 0) is 31.4 Å². The first kappa shape index (κ1) is 15.8. The van der Waals surface area contributed by atoms with Crippen LogP contribution in [0.1, 0.15) is 29.6 Å². The predicted molar refractivity (Wildman–Crippen MR) is 79.5 cm³/mol. The highest BCUT2D eigenvalue weighted by molar-refractivity contribution is 6.09. The van der Waals surface area contributed by atoms with E-state index in [0.29, 0.717) is 18.5 Å². The monoisotopic (exact) mass is 303 g/mol. The molecule has 0 radical (unpaired) electrons. The first-order valence-corrected chi connectivity index (χ1v) is 6.96. The van der Waals surface area contributed by atoms with Gasteiger partial charge in [-0.15, -0.1) is 0 Å². The molecule has 1 aromatic rings. The summed E-state index contributed by atoms with van der Waals surface area (Å²) in [5.74, 6) is -2.88. The molecule has 1 aliphatic rings. The van der Waals surface area contributed by atoms with Gasteiger partial charge >= 0.3 is 11.9 Å². The maximum absolute atomic E-state index is 12.4. The number of nitrogens with one attached hydrogen (secondary N) is 1. The number of hydrogen-bond acceptors (Lipinski definition) is 4. The van der Waals surface area contributed by atoms with Crippen molar-refractivity contribution in [1.29, 1.82) is 0 Å². The Balaban J connectivity index is 2.24. The van der Waals surface area contributed by atoms with Crippen LogP contribution in [0.4, 0.5) is 5.69 Å². The Labute approximate surface area is 127 Å². The lowest BCUT2D eigenvalue weighted by Gasteiger charge is -2.20. The Morgan fingerprint density at radius 2 is 2.00 bits per heavy atom. The molecule has 0 saturated heterocycles. The number of carbonyl (C=O) groups excluding carboxylic acids is 2. The van der Waals surface area contributed by atoms with Gasteiger partial charge in [-0.25, -0.2) is 4.79 Å². The maximum atomic E-state index is 12.4. The number of benzene rings is 1. The number of rotatable bonds is 4. The molecule has 0 aromatic heterocycles. The lowest BCUT2D eigenvalue weighted by molar-refractivity contribution is -0.141. The van der Waals surface area contributed by atoms with Crippen molar-refractivity contribution < 1.29 is 24.2 Å². The van der Waals surface area contributed by atoms with Crippen molar-refractivity contribution in [3.8, 4) is 0 Å². The molecular weight excluding hydrogens is 286 g/mol. The quantitative estimate of drug-likeness (QED) is 0.832. The first-order valence-electron chi connectivity index (χ1n) is 6.96. The molecule has 1 atom stereocenters. The van der Waals surface area contributed by atoms with Crippen molar-refractivity contribution in [3.05, 3.63) is 41.5 Å². The number of ether oxygens (including phenoxy) is 1. The van der Waals surface area contributed by atoms with E-state index in [2.05, 4.69) is 10.1 Å². The number of carbonyl (C=O) groups is 3. The van der Waals surface area contributed by atoms with Gasteiger partial charge < -0.3 is 15.2 Å². The number of para-hydroxylation sites is 1. The van der Waals surface area contributed by atoms with Crippen molar-refractivity contribution >= 4 is 23.5 Å². The van der Waals surface area contributed by atoms with Crippen LogP contribution in [-0.4, -0.2) is 30.1 Å². The molecule has 0 spiro atoms. The van der Waals surface area contributed by atoms with Crippen molar-refractivity contribution in [2.75, 3.05) is 12.4 Å². The molecule has 116 valence electrons. The van der Waals surface area contributed by atoms with Crippen LogP contribution in [-0.2, 0) is 14.3 Å². The number of carboxylic acid groups (broad SMARTS) is 1. The summed E-state index contributed by atoms with van der Waals surface area (Å²) in [5.41, 5.74) is 0.759. The molecule has 6 heteroatoms. The molecule has 1 unspecified atom stereocenters. The molecule has 1 amide bonds. The number of allylic oxidation sites excluding steroid dienone is 1. The van der Waals surface area contributed by atoms with E-state index in [9.17, 15) is 19.5 Å². The first-order chi connectivity index (χ1) is 10.5. The Kier molecular flexibility index (Phi) is 4.93. The zero-order valence-electron chi connectivity index (χ0n) is 12.2. The second kappa shape index (κ2) is 6.89. The van der Waals surface area contributed by atoms with E-state index in [1.165, 1.54) is 13.2 Å². The van der Waals surface area contributed by atoms with Crippen LogP contribution < -0.4 is 5.32 Å². The van der Waals surface area contributed by atoms with Gasteiger partial charge in [-0.3, -0.25) is 9.59 Å². The van der Waals surface area contributed by atoms with Crippen LogP contribution in [0.5, 0.6) is 0 Å². The number of anilines is 1. The number of esters is 1. The topological polar surface area (TPSA) is 92.7 Å². The standard InChI is InChI=1S/C16H17NO5/c1-22-16(21)12-8-4-5-9-13(12)17-14(18)10-6-2-3-7-11(10)15(19)20/h4-6,8-9,11H,2-3,7H2,1H3,(H,17,18)(H,19,20). The van der Waals surface area contributed by atoms with Gasteiger partial charge in [0.2, 0.25) is 0 Å². The smallest absolute Gasteiger partial charge is 0.339 e. The number of carboxylic acids is 1. The molecule has 0 saturated carbocycles. The summed E-state index contributed by atoms with van der Waals surface area (Å²) in [6, 6.07) is 6.43. The van der Waals surface area contributed by atoms with Gasteiger partial charge in [0.05, 0.1) is 24.3 Å². The molecule has 6 nitrogen and oxygen atoms in total. The lowest BCUT2D eigenvalue weighted by Crippen LogP contribution is -2.28. The number of methoxy groups -OCH3 is 1. The summed E-state index contributed by atoms with van der Waals surface area (Å²) in [6.45, 7) is 0. The average Bonchev–Trinajstić information content (AvgIpc) is 2.54. The van der Waals surface area contributed by atoms with Crippen LogP contribution in [0, 0.1) is 5.92 Å². The van der Waals surface area contributed by atoms with Crippen molar-refractivity contribution in [2.45, 2.75) is 19.3 Å². The lowest BCUT2D eigenvalue weighted by atomic mass is 9.87. The molecule has 0 bridgehead atoms. The van der Waals surface area contributed by atoms with Crippen molar-refractivity contribution in [2.24, 2.45) is 5.92 Å². The van der Waals surface area contributed by atoms with Gasteiger partial charge in [-0.2, -0.15) is 0 Å².